The molecule has 0 unspecified atom stereocenters. The molecule has 0 fully saturated rings. The first-order valence-corrected chi connectivity index (χ1v) is 17.9. The van der Waals surface area contributed by atoms with Crippen LogP contribution in [-0.4, -0.2) is 9.97 Å². The Kier molecular flexibility index (Phi) is 7.47. The number of aromatic nitrogens is 2. The zero-order valence-corrected chi connectivity index (χ0v) is 28.8. The zero-order valence-electron chi connectivity index (χ0n) is 28.8. The van der Waals surface area contributed by atoms with Crippen LogP contribution < -0.4 is 0 Å². The highest BCUT2D eigenvalue weighted by molar-refractivity contribution is 6.12. The molecule has 2 heterocycles. The summed E-state index contributed by atoms with van der Waals surface area (Å²) in [6.07, 6.45) is 0. The van der Waals surface area contributed by atoms with Gasteiger partial charge in [-0.1, -0.05) is 146 Å². The Bertz CT molecular complexity index is 2950. The number of benzene rings is 8. The van der Waals surface area contributed by atoms with E-state index in [0.717, 1.165) is 77.7 Å². The standard InChI is InChI=1S/C50H32N2O/c1-3-13-33(14-4-1)37-19-11-20-38(27-37)40-29-41(43-22-12-24-48-49(43)44-21-9-10-23-47(44)53-48)31-42(30-40)46-32-45(35-16-5-2-6-17-35)51-50(52-46)39-26-25-34-15-7-8-18-36(34)28-39/h1-32H. The van der Waals surface area contributed by atoms with Crippen LogP contribution in [0.3, 0.4) is 0 Å². The molecule has 0 saturated heterocycles. The number of hydrogen-bond donors (Lipinski definition) is 0. The van der Waals surface area contributed by atoms with Crippen molar-refractivity contribution in [3.63, 3.8) is 0 Å². The summed E-state index contributed by atoms with van der Waals surface area (Å²) in [7, 11) is 0. The van der Waals surface area contributed by atoms with Gasteiger partial charge in [-0.05, 0) is 92.7 Å². The Labute approximate surface area is 307 Å². The lowest BCUT2D eigenvalue weighted by atomic mass is 9.91. The molecule has 10 rings (SSSR count). The molecule has 0 amide bonds. The summed E-state index contributed by atoms with van der Waals surface area (Å²) >= 11 is 0. The van der Waals surface area contributed by atoms with Gasteiger partial charge in [-0.3, -0.25) is 0 Å². The Morgan fingerprint density at radius 2 is 0.906 bits per heavy atom. The Balaban J connectivity index is 1.22. The van der Waals surface area contributed by atoms with Crippen molar-refractivity contribution < 1.29 is 4.42 Å². The summed E-state index contributed by atoms with van der Waals surface area (Å²) < 4.78 is 6.35. The molecule has 10 aromatic rings. The van der Waals surface area contributed by atoms with Crippen LogP contribution in [-0.2, 0) is 0 Å². The van der Waals surface area contributed by atoms with E-state index in [1.54, 1.807) is 0 Å². The van der Waals surface area contributed by atoms with Crippen molar-refractivity contribution in [3.8, 4) is 67.3 Å². The molecule has 3 heteroatoms. The molecule has 3 nitrogen and oxygen atoms in total. The van der Waals surface area contributed by atoms with Gasteiger partial charge in [-0.2, -0.15) is 0 Å². The van der Waals surface area contributed by atoms with Crippen molar-refractivity contribution >= 4 is 32.7 Å². The summed E-state index contributed by atoms with van der Waals surface area (Å²) in [6.45, 7) is 0. The van der Waals surface area contributed by atoms with Crippen molar-refractivity contribution in [2.24, 2.45) is 0 Å². The van der Waals surface area contributed by atoms with Crippen LogP contribution in [0.15, 0.2) is 199 Å². The van der Waals surface area contributed by atoms with Crippen LogP contribution in [0.2, 0.25) is 0 Å². The van der Waals surface area contributed by atoms with Gasteiger partial charge in [0.2, 0.25) is 0 Å². The summed E-state index contributed by atoms with van der Waals surface area (Å²) in [4.78, 5) is 10.5. The van der Waals surface area contributed by atoms with Gasteiger partial charge < -0.3 is 4.42 Å². The molecule has 0 aliphatic heterocycles. The van der Waals surface area contributed by atoms with Crippen molar-refractivity contribution in [3.05, 3.63) is 194 Å². The van der Waals surface area contributed by atoms with E-state index in [-0.39, 0.29) is 0 Å². The molecule has 0 aliphatic rings. The second kappa shape index (κ2) is 12.9. The van der Waals surface area contributed by atoms with Gasteiger partial charge in [0, 0.05) is 27.5 Å². The van der Waals surface area contributed by atoms with E-state index in [1.807, 2.05) is 18.2 Å². The number of nitrogens with zero attached hydrogens (tertiary/aromatic N) is 2. The quantitative estimate of drug-likeness (QED) is 0.176. The lowest BCUT2D eigenvalue weighted by Gasteiger charge is -2.14. The molecule has 2 aromatic heterocycles. The van der Waals surface area contributed by atoms with Gasteiger partial charge in [0.05, 0.1) is 11.4 Å². The zero-order chi connectivity index (χ0) is 35.1. The average Bonchev–Trinajstić information content (AvgIpc) is 3.63. The Hall–Kier alpha value is -7.10. The number of fused-ring (bicyclic) bond motifs is 4. The maximum atomic E-state index is 6.35. The monoisotopic (exact) mass is 676 g/mol. The van der Waals surface area contributed by atoms with Crippen LogP contribution in [0.1, 0.15) is 0 Å². The Morgan fingerprint density at radius 3 is 1.74 bits per heavy atom. The molecule has 0 N–H and O–H groups in total. The Morgan fingerprint density at radius 1 is 0.321 bits per heavy atom. The molecule has 53 heavy (non-hydrogen) atoms. The van der Waals surface area contributed by atoms with E-state index in [0.29, 0.717) is 5.82 Å². The molecular formula is C50H32N2O. The normalized spacial score (nSPS) is 11.4. The summed E-state index contributed by atoms with van der Waals surface area (Å²) in [5.74, 6) is 0.688. The van der Waals surface area contributed by atoms with Gasteiger partial charge in [0.25, 0.3) is 0 Å². The van der Waals surface area contributed by atoms with Crippen molar-refractivity contribution in [2.45, 2.75) is 0 Å². The molecule has 8 aromatic carbocycles. The van der Waals surface area contributed by atoms with E-state index < -0.39 is 0 Å². The SMILES string of the molecule is c1ccc(-c2cccc(-c3cc(-c4cc(-c5ccccc5)nc(-c5ccc6ccccc6c5)n4)cc(-c4cccc5oc6ccccc6c45)c3)c2)cc1. The number of rotatable bonds is 6. The predicted molar refractivity (Wildman–Crippen MR) is 219 cm³/mol. The third kappa shape index (κ3) is 5.75. The first-order chi connectivity index (χ1) is 26.2. The van der Waals surface area contributed by atoms with Crippen LogP contribution in [0.25, 0.3) is 100.0 Å². The van der Waals surface area contributed by atoms with Gasteiger partial charge in [0.1, 0.15) is 11.2 Å². The molecule has 0 spiro atoms. The van der Waals surface area contributed by atoms with E-state index in [2.05, 4.69) is 176 Å². The maximum Gasteiger partial charge on any atom is 0.160 e. The topological polar surface area (TPSA) is 38.9 Å². The maximum absolute atomic E-state index is 6.35. The van der Waals surface area contributed by atoms with Crippen LogP contribution in [0.4, 0.5) is 0 Å². The molecule has 0 radical (unpaired) electrons. The summed E-state index contributed by atoms with van der Waals surface area (Å²) in [5.41, 5.74) is 13.3. The average molecular weight is 677 g/mol. The van der Waals surface area contributed by atoms with Gasteiger partial charge in [0.15, 0.2) is 5.82 Å². The molecule has 0 aliphatic carbocycles. The molecule has 0 atom stereocenters. The van der Waals surface area contributed by atoms with E-state index in [1.165, 1.54) is 16.5 Å². The number of furan rings is 1. The smallest absolute Gasteiger partial charge is 0.160 e. The highest BCUT2D eigenvalue weighted by atomic mass is 16.3. The van der Waals surface area contributed by atoms with Crippen molar-refractivity contribution in [1.29, 1.82) is 0 Å². The second-order valence-corrected chi connectivity index (χ2v) is 13.4. The van der Waals surface area contributed by atoms with Gasteiger partial charge in [-0.15, -0.1) is 0 Å². The van der Waals surface area contributed by atoms with Crippen molar-refractivity contribution in [2.75, 3.05) is 0 Å². The molecule has 248 valence electrons. The van der Waals surface area contributed by atoms with Gasteiger partial charge >= 0.3 is 0 Å². The fourth-order valence-electron chi connectivity index (χ4n) is 7.43. The molecular weight excluding hydrogens is 645 g/mol. The van der Waals surface area contributed by atoms with E-state index in [9.17, 15) is 0 Å². The lowest BCUT2D eigenvalue weighted by Crippen LogP contribution is -1.97. The van der Waals surface area contributed by atoms with Crippen LogP contribution in [0, 0.1) is 0 Å². The highest BCUT2D eigenvalue weighted by Gasteiger charge is 2.17. The predicted octanol–water partition coefficient (Wildman–Crippen LogP) is 13.5. The third-order valence-corrected chi connectivity index (χ3v) is 10.0. The molecule has 0 saturated carbocycles. The first-order valence-electron chi connectivity index (χ1n) is 17.9. The second-order valence-electron chi connectivity index (χ2n) is 13.4. The van der Waals surface area contributed by atoms with Crippen LogP contribution in [0.5, 0.6) is 0 Å². The van der Waals surface area contributed by atoms with Crippen LogP contribution >= 0.6 is 0 Å². The fourth-order valence-corrected chi connectivity index (χ4v) is 7.43. The third-order valence-electron chi connectivity index (χ3n) is 10.0. The minimum Gasteiger partial charge on any atom is -0.456 e. The number of para-hydroxylation sites is 1. The summed E-state index contributed by atoms with van der Waals surface area (Å²) in [6, 6.07) is 68.1. The van der Waals surface area contributed by atoms with E-state index in [4.69, 9.17) is 14.4 Å². The minimum absolute atomic E-state index is 0.688. The fraction of sp³-hybridized carbons (Fsp3) is 0. The highest BCUT2D eigenvalue weighted by Crippen LogP contribution is 2.41. The van der Waals surface area contributed by atoms with Crippen molar-refractivity contribution in [1.82, 2.24) is 9.97 Å². The molecule has 0 bridgehead atoms. The summed E-state index contributed by atoms with van der Waals surface area (Å²) in [5, 5.41) is 4.55. The van der Waals surface area contributed by atoms with E-state index >= 15 is 0 Å². The largest absolute Gasteiger partial charge is 0.456 e. The minimum atomic E-state index is 0.688. The first kappa shape index (κ1) is 30.7. The van der Waals surface area contributed by atoms with Gasteiger partial charge in [-0.25, -0.2) is 9.97 Å². The lowest BCUT2D eigenvalue weighted by molar-refractivity contribution is 0.669. The number of hydrogen-bond acceptors (Lipinski definition) is 3.